The number of hydrogen-bond donors (Lipinski definition) is 1. The van der Waals surface area contributed by atoms with Gasteiger partial charge < -0.3 is 5.11 Å². The van der Waals surface area contributed by atoms with Crippen LogP contribution in [0.25, 0.3) is 0 Å². The number of carbonyl (C=O) groups excluding carboxylic acids is 2. The predicted octanol–water partition coefficient (Wildman–Crippen LogP) is 1.63. The largest absolute Gasteiger partial charge is 0.384 e. The Balaban J connectivity index is 2.53. The van der Waals surface area contributed by atoms with Crippen molar-refractivity contribution in [3.05, 3.63) is 29.3 Å². The summed E-state index contributed by atoms with van der Waals surface area (Å²) in [5, 5.41) is 8.82. The Hall–Kier alpha value is -2.12. The van der Waals surface area contributed by atoms with Crippen molar-refractivity contribution in [2.45, 2.75) is 27.2 Å². The molecule has 4 heteroatoms. The van der Waals surface area contributed by atoms with Crippen LogP contribution < -0.4 is 4.90 Å². The molecule has 1 N–H and O–H groups in total. The molecule has 1 aromatic carbocycles. The molecular weight excluding hydrogens is 254 g/mol. The smallest absolute Gasteiger partial charge is 0.239 e. The molecule has 1 fully saturated rings. The molecule has 20 heavy (non-hydrogen) atoms. The third-order valence-electron chi connectivity index (χ3n) is 3.32. The fraction of sp³-hybridized carbons (Fsp3) is 0.375. The number of aryl methyl sites for hydroxylation is 1. The number of aliphatic hydroxyl groups is 1. The molecule has 0 atom stereocenters. The number of anilines is 1. The average Bonchev–Trinajstić information content (AvgIpc) is 2.57. The van der Waals surface area contributed by atoms with Crippen LogP contribution in [0.2, 0.25) is 0 Å². The van der Waals surface area contributed by atoms with Gasteiger partial charge in [-0.1, -0.05) is 31.8 Å². The SMILES string of the molecule is Cc1ccc(N2C(=O)CC(C)(C)C2=O)c(C#CCO)c1. The standard InChI is InChI=1S/C16H17NO3/c1-11-6-7-13(12(9-11)5-4-8-18)17-14(19)10-16(2,3)15(17)20/h6-7,9,18H,8,10H2,1-3H3. The van der Waals surface area contributed by atoms with E-state index >= 15 is 0 Å². The Labute approximate surface area is 118 Å². The fourth-order valence-corrected chi connectivity index (χ4v) is 2.27. The van der Waals surface area contributed by atoms with Crippen molar-refractivity contribution in [2.24, 2.45) is 5.41 Å². The molecule has 0 bridgehead atoms. The van der Waals surface area contributed by atoms with Crippen LogP contribution in [0.15, 0.2) is 18.2 Å². The van der Waals surface area contributed by atoms with Crippen molar-refractivity contribution in [2.75, 3.05) is 11.5 Å². The van der Waals surface area contributed by atoms with Gasteiger partial charge in [-0.15, -0.1) is 0 Å². The van der Waals surface area contributed by atoms with Crippen molar-refractivity contribution < 1.29 is 14.7 Å². The molecule has 1 aliphatic heterocycles. The summed E-state index contributed by atoms with van der Waals surface area (Å²) in [5.41, 5.74) is 1.38. The van der Waals surface area contributed by atoms with Crippen LogP contribution >= 0.6 is 0 Å². The molecule has 2 rings (SSSR count). The summed E-state index contributed by atoms with van der Waals surface area (Å²) in [6.45, 7) is 5.17. The van der Waals surface area contributed by atoms with Gasteiger partial charge in [0, 0.05) is 12.0 Å². The number of benzene rings is 1. The molecule has 0 saturated carbocycles. The van der Waals surface area contributed by atoms with Crippen molar-refractivity contribution in [1.29, 1.82) is 0 Å². The second-order valence-electron chi connectivity index (χ2n) is 5.58. The highest BCUT2D eigenvalue weighted by Gasteiger charge is 2.45. The van der Waals surface area contributed by atoms with E-state index in [1.165, 1.54) is 4.90 Å². The highest BCUT2D eigenvalue weighted by molar-refractivity contribution is 6.22. The summed E-state index contributed by atoms with van der Waals surface area (Å²) in [6.07, 6.45) is 0.201. The summed E-state index contributed by atoms with van der Waals surface area (Å²) in [4.78, 5) is 25.7. The van der Waals surface area contributed by atoms with Crippen LogP contribution in [-0.2, 0) is 9.59 Å². The van der Waals surface area contributed by atoms with E-state index < -0.39 is 5.41 Å². The monoisotopic (exact) mass is 271 g/mol. The minimum absolute atomic E-state index is 0.201. The molecule has 1 aromatic rings. The normalized spacial score (nSPS) is 17.1. The number of hydrogen-bond acceptors (Lipinski definition) is 3. The van der Waals surface area contributed by atoms with Gasteiger partial charge in [0.1, 0.15) is 6.61 Å². The highest BCUT2D eigenvalue weighted by atomic mass is 16.2. The predicted molar refractivity (Wildman–Crippen MR) is 76.0 cm³/mol. The Bertz CT molecular complexity index is 635. The Morgan fingerprint density at radius 1 is 1.35 bits per heavy atom. The minimum atomic E-state index is -0.677. The molecule has 104 valence electrons. The molecule has 0 spiro atoms. The molecule has 0 aromatic heterocycles. The van der Waals surface area contributed by atoms with Gasteiger partial charge >= 0.3 is 0 Å². The van der Waals surface area contributed by atoms with Crippen molar-refractivity contribution in [3.8, 4) is 11.8 Å². The maximum atomic E-state index is 12.4. The van der Waals surface area contributed by atoms with E-state index in [0.717, 1.165) is 5.56 Å². The van der Waals surface area contributed by atoms with Gasteiger partial charge in [-0.3, -0.25) is 9.59 Å². The van der Waals surface area contributed by atoms with E-state index in [1.54, 1.807) is 19.9 Å². The zero-order valence-electron chi connectivity index (χ0n) is 11.9. The first kappa shape index (κ1) is 14.3. The van der Waals surface area contributed by atoms with Gasteiger partial charge in [-0.2, -0.15) is 0 Å². The van der Waals surface area contributed by atoms with Gasteiger partial charge in [0.15, 0.2) is 0 Å². The number of rotatable bonds is 1. The van der Waals surface area contributed by atoms with Gasteiger partial charge in [-0.25, -0.2) is 4.90 Å². The van der Waals surface area contributed by atoms with E-state index in [4.69, 9.17) is 5.11 Å². The zero-order chi connectivity index (χ0) is 14.9. The van der Waals surface area contributed by atoms with E-state index in [-0.39, 0.29) is 24.8 Å². The lowest BCUT2D eigenvalue weighted by atomic mass is 9.92. The van der Waals surface area contributed by atoms with Crippen molar-refractivity contribution >= 4 is 17.5 Å². The first-order valence-electron chi connectivity index (χ1n) is 6.44. The molecule has 1 heterocycles. The van der Waals surface area contributed by atoms with Gasteiger partial charge in [-0.05, 0) is 24.6 Å². The molecule has 1 saturated heterocycles. The summed E-state index contributed by atoms with van der Waals surface area (Å²) in [6, 6.07) is 5.38. The third kappa shape index (κ3) is 2.45. The minimum Gasteiger partial charge on any atom is -0.384 e. The lowest BCUT2D eigenvalue weighted by Gasteiger charge is -2.19. The Kier molecular flexibility index (Phi) is 3.65. The van der Waals surface area contributed by atoms with Crippen LogP contribution in [0.4, 0.5) is 5.69 Å². The summed E-state index contributed by atoms with van der Waals surface area (Å²) >= 11 is 0. The Morgan fingerprint density at radius 2 is 2.05 bits per heavy atom. The third-order valence-corrected chi connectivity index (χ3v) is 3.32. The maximum Gasteiger partial charge on any atom is 0.239 e. The topological polar surface area (TPSA) is 57.6 Å². The van der Waals surface area contributed by atoms with Crippen LogP contribution in [0, 0.1) is 24.2 Å². The first-order chi connectivity index (χ1) is 9.36. The van der Waals surface area contributed by atoms with Gasteiger partial charge in [0.25, 0.3) is 0 Å². The zero-order valence-corrected chi connectivity index (χ0v) is 11.9. The molecule has 0 aliphatic carbocycles. The molecule has 4 nitrogen and oxygen atoms in total. The average molecular weight is 271 g/mol. The van der Waals surface area contributed by atoms with Crippen LogP contribution in [0.5, 0.6) is 0 Å². The molecule has 2 amide bonds. The highest BCUT2D eigenvalue weighted by Crippen LogP contribution is 2.36. The van der Waals surface area contributed by atoms with Crippen LogP contribution in [-0.4, -0.2) is 23.5 Å². The van der Waals surface area contributed by atoms with E-state index in [0.29, 0.717) is 11.3 Å². The molecular formula is C16H17NO3. The number of nitrogens with zero attached hydrogens (tertiary/aromatic N) is 1. The number of amides is 2. The summed E-state index contributed by atoms with van der Waals surface area (Å²) in [5.74, 6) is 4.94. The summed E-state index contributed by atoms with van der Waals surface area (Å²) < 4.78 is 0. The maximum absolute atomic E-state index is 12.4. The molecule has 1 aliphatic rings. The van der Waals surface area contributed by atoms with Crippen molar-refractivity contribution in [1.82, 2.24) is 0 Å². The first-order valence-corrected chi connectivity index (χ1v) is 6.44. The molecule has 0 unspecified atom stereocenters. The molecule has 0 radical (unpaired) electrons. The Morgan fingerprint density at radius 3 is 2.60 bits per heavy atom. The number of imide groups is 1. The second-order valence-corrected chi connectivity index (χ2v) is 5.58. The van der Waals surface area contributed by atoms with Crippen LogP contribution in [0.3, 0.4) is 0 Å². The van der Waals surface area contributed by atoms with Crippen LogP contribution in [0.1, 0.15) is 31.4 Å². The number of aliphatic hydroxyl groups excluding tert-OH is 1. The number of carbonyl (C=O) groups is 2. The fourth-order valence-electron chi connectivity index (χ4n) is 2.27. The van der Waals surface area contributed by atoms with Gasteiger partial charge in [0.05, 0.1) is 11.1 Å². The lowest BCUT2D eigenvalue weighted by molar-refractivity contribution is -0.124. The lowest BCUT2D eigenvalue weighted by Crippen LogP contribution is -2.33. The quantitative estimate of drug-likeness (QED) is 0.624. The van der Waals surface area contributed by atoms with E-state index in [2.05, 4.69) is 11.8 Å². The van der Waals surface area contributed by atoms with E-state index in [9.17, 15) is 9.59 Å². The van der Waals surface area contributed by atoms with E-state index in [1.807, 2.05) is 19.1 Å². The summed E-state index contributed by atoms with van der Waals surface area (Å²) in [7, 11) is 0. The van der Waals surface area contributed by atoms with Crippen molar-refractivity contribution in [3.63, 3.8) is 0 Å². The van der Waals surface area contributed by atoms with Gasteiger partial charge in [0.2, 0.25) is 11.8 Å². The second kappa shape index (κ2) is 5.10.